The van der Waals surface area contributed by atoms with Crippen molar-refractivity contribution < 1.29 is 9.90 Å². The molecule has 1 aliphatic heterocycles. The highest BCUT2D eigenvalue weighted by atomic mass is 35.5. The number of hydrogen-bond acceptors (Lipinski definition) is 3. The molecule has 1 aliphatic rings. The number of carbonyl (C=O) groups excluding carboxylic acids is 1. The number of rotatable bonds is 2. The summed E-state index contributed by atoms with van der Waals surface area (Å²) in [4.78, 5) is 15.6. The van der Waals surface area contributed by atoms with E-state index in [9.17, 15) is 4.79 Å². The van der Waals surface area contributed by atoms with Gasteiger partial charge in [0.1, 0.15) is 0 Å². The molecule has 0 bridgehead atoms. The van der Waals surface area contributed by atoms with Crippen LogP contribution < -0.4 is 4.90 Å². The summed E-state index contributed by atoms with van der Waals surface area (Å²) < 4.78 is 0. The predicted octanol–water partition coefficient (Wildman–Crippen LogP) is 1.50. The van der Waals surface area contributed by atoms with Crippen LogP contribution in [0, 0.1) is 0 Å². The van der Waals surface area contributed by atoms with Gasteiger partial charge in [0.2, 0.25) is 5.91 Å². The Kier molecular flexibility index (Phi) is 4.09. The van der Waals surface area contributed by atoms with Gasteiger partial charge in [0.05, 0.1) is 13.2 Å². The topological polar surface area (TPSA) is 43.8 Å². The van der Waals surface area contributed by atoms with E-state index in [4.69, 9.17) is 16.7 Å². The number of hydrogen-bond donors (Lipinski definition) is 1. The first-order valence-corrected chi connectivity index (χ1v) is 6.38. The minimum atomic E-state index is -0.0687. The Bertz CT molecular complexity index is 451. The molecule has 0 atom stereocenters. The Labute approximate surface area is 112 Å². The van der Waals surface area contributed by atoms with Gasteiger partial charge in [-0.15, -0.1) is 0 Å². The second kappa shape index (κ2) is 5.59. The third-order valence-electron chi connectivity index (χ3n) is 3.25. The van der Waals surface area contributed by atoms with Gasteiger partial charge in [0, 0.05) is 30.8 Å². The average Bonchev–Trinajstić information content (AvgIpc) is 2.52. The fraction of sp³-hybridized carbons (Fsp3) is 0.462. The van der Waals surface area contributed by atoms with Gasteiger partial charge in [-0.2, -0.15) is 0 Å². The van der Waals surface area contributed by atoms with Crippen LogP contribution in [-0.4, -0.2) is 42.6 Å². The molecule has 1 amide bonds. The maximum atomic E-state index is 11.8. The molecule has 4 nitrogen and oxygen atoms in total. The van der Waals surface area contributed by atoms with Crippen molar-refractivity contribution >= 4 is 23.2 Å². The van der Waals surface area contributed by atoms with Crippen molar-refractivity contribution in [3.63, 3.8) is 0 Å². The van der Waals surface area contributed by atoms with Gasteiger partial charge in [0.25, 0.3) is 0 Å². The smallest absolute Gasteiger partial charge is 0.241 e. The van der Waals surface area contributed by atoms with Gasteiger partial charge in [0.15, 0.2) is 0 Å². The lowest BCUT2D eigenvalue weighted by molar-refractivity contribution is -0.127. The van der Waals surface area contributed by atoms with Crippen LogP contribution in [0.3, 0.4) is 0 Å². The highest BCUT2D eigenvalue weighted by Crippen LogP contribution is 2.24. The van der Waals surface area contributed by atoms with Crippen LogP contribution in [0.25, 0.3) is 0 Å². The van der Waals surface area contributed by atoms with E-state index in [1.165, 1.54) is 0 Å². The minimum Gasteiger partial charge on any atom is -0.392 e. The third kappa shape index (κ3) is 2.76. The molecule has 0 aromatic heterocycles. The molecule has 1 N–H and O–H groups in total. The van der Waals surface area contributed by atoms with Gasteiger partial charge >= 0.3 is 0 Å². The van der Waals surface area contributed by atoms with Gasteiger partial charge in [-0.1, -0.05) is 17.7 Å². The summed E-state index contributed by atoms with van der Waals surface area (Å²) in [5, 5.41) is 9.62. The zero-order chi connectivity index (χ0) is 13.1. The Morgan fingerprint density at radius 1 is 1.39 bits per heavy atom. The van der Waals surface area contributed by atoms with Crippen molar-refractivity contribution in [2.45, 2.75) is 13.0 Å². The average molecular weight is 269 g/mol. The second-order valence-electron chi connectivity index (χ2n) is 4.52. The van der Waals surface area contributed by atoms with Crippen LogP contribution in [0.2, 0.25) is 5.02 Å². The Hall–Kier alpha value is -1.26. The molecule has 0 saturated carbocycles. The second-order valence-corrected chi connectivity index (χ2v) is 4.93. The van der Waals surface area contributed by atoms with Crippen LogP contribution in [-0.2, 0) is 11.4 Å². The quantitative estimate of drug-likeness (QED) is 0.884. The normalized spacial score (nSPS) is 16.9. The third-order valence-corrected chi connectivity index (χ3v) is 3.60. The number of likely N-dealkylation sites (N-methyl/N-ethyl adjacent to an activating group) is 1. The maximum absolute atomic E-state index is 11.8. The van der Waals surface area contributed by atoms with E-state index in [1.807, 2.05) is 24.1 Å². The summed E-state index contributed by atoms with van der Waals surface area (Å²) in [6.07, 6.45) is 0.946. The monoisotopic (exact) mass is 268 g/mol. The van der Waals surface area contributed by atoms with Crippen molar-refractivity contribution in [2.75, 3.05) is 31.6 Å². The molecule has 18 heavy (non-hydrogen) atoms. The minimum absolute atomic E-state index is 0.0687. The van der Waals surface area contributed by atoms with Crippen molar-refractivity contribution in [1.29, 1.82) is 0 Å². The molecule has 1 aromatic carbocycles. The molecule has 0 spiro atoms. The number of anilines is 1. The van der Waals surface area contributed by atoms with E-state index in [-0.39, 0.29) is 12.5 Å². The van der Waals surface area contributed by atoms with Gasteiger partial charge in [-0.05, 0) is 24.1 Å². The molecule has 0 aliphatic carbocycles. The lowest BCUT2D eigenvalue weighted by Gasteiger charge is -2.22. The van der Waals surface area contributed by atoms with E-state index in [1.54, 1.807) is 11.0 Å². The molecule has 1 saturated heterocycles. The fourth-order valence-corrected chi connectivity index (χ4v) is 2.30. The van der Waals surface area contributed by atoms with Crippen molar-refractivity contribution in [1.82, 2.24) is 4.90 Å². The van der Waals surface area contributed by atoms with Crippen molar-refractivity contribution in [2.24, 2.45) is 0 Å². The first kappa shape index (κ1) is 13.2. The maximum Gasteiger partial charge on any atom is 0.241 e. The van der Waals surface area contributed by atoms with Crippen LogP contribution >= 0.6 is 11.6 Å². The number of aliphatic hydroxyl groups excluding tert-OH is 1. The molecular weight excluding hydrogens is 252 g/mol. The SMILES string of the molecule is CN1CCCN(c2ccc(CO)c(Cl)c2)CC1=O. The zero-order valence-corrected chi connectivity index (χ0v) is 11.2. The van der Waals surface area contributed by atoms with E-state index in [2.05, 4.69) is 0 Å². The largest absolute Gasteiger partial charge is 0.392 e. The van der Waals surface area contributed by atoms with E-state index < -0.39 is 0 Å². The highest BCUT2D eigenvalue weighted by molar-refractivity contribution is 6.31. The molecule has 0 unspecified atom stereocenters. The van der Waals surface area contributed by atoms with Crippen molar-refractivity contribution in [3.05, 3.63) is 28.8 Å². The number of amides is 1. The summed E-state index contributed by atoms with van der Waals surface area (Å²) in [6, 6.07) is 5.51. The lowest BCUT2D eigenvalue weighted by atomic mass is 10.2. The van der Waals surface area contributed by atoms with Gasteiger partial charge in [-0.25, -0.2) is 0 Å². The standard InChI is InChI=1S/C13H17ClN2O2/c1-15-5-2-6-16(8-13(15)18)11-4-3-10(9-17)12(14)7-11/h3-4,7,17H,2,5-6,8-9H2,1H3. The summed E-state index contributed by atoms with van der Waals surface area (Å²) in [7, 11) is 1.83. The van der Waals surface area contributed by atoms with Crippen LogP contribution in [0.5, 0.6) is 0 Å². The predicted molar refractivity (Wildman–Crippen MR) is 71.8 cm³/mol. The molecule has 1 heterocycles. The van der Waals surface area contributed by atoms with Crippen LogP contribution in [0.1, 0.15) is 12.0 Å². The number of benzene rings is 1. The lowest BCUT2D eigenvalue weighted by Crippen LogP contribution is -2.34. The summed E-state index contributed by atoms with van der Waals surface area (Å²) in [5.41, 5.74) is 1.64. The molecule has 2 rings (SSSR count). The summed E-state index contributed by atoms with van der Waals surface area (Å²) in [5.74, 6) is 0.120. The molecule has 5 heteroatoms. The summed E-state index contributed by atoms with van der Waals surface area (Å²) in [6.45, 7) is 1.94. The van der Waals surface area contributed by atoms with E-state index in [0.29, 0.717) is 17.1 Å². The first-order chi connectivity index (χ1) is 8.61. The Morgan fingerprint density at radius 2 is 2.17 bits per heavy atom. The zero-order valence-electron chi connectivity index (χ0n) is 10.4. The Balaban J connectivity index is 2.20. The van der Waals surface area contributed by atoms with Gasteiger partial charge < -0.3 is 14.9 Å². The molecule has 0 radical (unpaired) electrons. The first-order valence-electron chi connectivity index (χ1n) is 6.00. The summed E-state index contributed by atoms with van der Waals surface area (Å²) >= 11 is 6.07. The molecular formula is C13H17ClN2O2. The molecule has 1 fully saturated rings. The van der Waals surface area contributed by atoms with Crippen LogP contribution in [0.15, 0.2) is 18.2 Å². The highest BCUT2D eigenvalue weighted by Gasteiger charge is 2.19. The van der Waals surface area contributed by atoms with E-state index in [0.717, 1.165) is 25.2 Å². The van der Waals surface area contributed by atoms with Crippen molar-refractivity contribution in [3.8, 4) is 0 Å². The fourth-order valence-electron chi connectivity index (χ4n) is 2.07. The van der Waals surface area contributed by atoms with Crippen LogP contribution in [0.4, 0.5) is 5.69 Å². The Morgan fingerprint density at radius 3 is 2.83 bits per heavy atom. The number of halogens is 1. The molecule has 98 valence electrons. The van der Waals surface area contributed by atoms with Gasteiger partial charge in [-0.3, -0.25) is 4.79 Å². The number of carbonyl (C=O) groups is 1. The van der Waals surface area contributed by atoms with E-state index >= 15 is 0 Å². The molecule has 1 aromatic rings. The number of aliphatic hydroxyl groups is 1. The number of nitrogens with zero attached hydrogens (tertiary/aromatic N) is 2.